The van der Waals surface area contributed by atoms with E-state index in [1.807, 2.05) is 0 Å². The van der Waals surface area contributed by atoms with E-state index in [1.54, 1.807) is 25.3 Å². The summed E-state index contributed by atoms with van der Waals surface area (Å²) in [7, 11) is -1.72. The fourth-order valence-corrected chi connectivity index (χ4v) is 7.03. The summed E-state index contributed by atoms with van der Waals surface area (Å²) < 4.78 is 35.2. The fourth-order valence-electron chi connectivity index (χ4n) is 4.26. The Balaban J connectivity index is 1.70. The van der Waals surface area contributed by atoms with E-state index in [9.17, 15) is 18.5 Å². The fraction of sp³-hybridized carbons (Fsp3) is 0.476. The number of nitrogens with one attached hydrogen (secondary N) is 2. The minimum absolute atomic E-state index is 0.110. The molecule has 2 aromatic rings. The molecule has 30 heavy (non-hydrogen) atoms. The minimum atomic E-state index is -3.20. The van der Waals surface area contributed by atoms with E-state index in [2.05, 4.69) is 14.4 Å². The van der Waals surface area contributed by atoms with Gasteiger partial charge in [0, 0.05) is 5.69 Å². The number of carbonyl (C=O) groups is 1. The molecule has 2 aliphatic rings. The van der Waals surface area contributed by atoms with Crippen LogP contribution >= 0.6 is 11.3 Å². The van der Waals surface area contributed by atoms with Crippen LogP contribution in [0.2, 0.25) is 0 Å². The molecule has 0 aliphatic heterocycles. The standard InChI is InChI=1S/C21H26FN3O3S2/c1-21(2,27)12-10-17(29-11-12)30(28,23-3)25-20(26)24-19-15-8-4-6-13(15)18(22)14-7-5-9-16(14)19/h10-11,27H,4-9H2,1-3H3,(H2,23,24,25,26,28)/t30-/m1/s1. The number of thiophene rings is 1. The highest BCUT2D eigenvalue weighted by Crippen LogP contribution is 2.41. The highest BCUT2D eigenvalue weighted by atomic mass is 32.2. The van der Waals surface area contributed by atoms with Gasteiger partial charge in [-0.3, -0.25) is 0 Å². The molecule has 0 saturated heterocycles. The molecule has 6 nitrogen and oxygen atoms in total. The summed E-state index contributed by atoms with van der Waals surface area (Å²) in [5.41, 5.74) is 3.30. The Morgan fingerprint density at radius 2 is 1.73 bits per heavy atom. The van der Waals surface area contributed by atoms with Crippen molar-refractivity contribution in [2.45, 2.75) is 62.2 Å². The van der Waals surface area contributed by atoms with Crippen LogP contribution in [0.5, 0.6) is 0 Å². The zero-order valence-electron chi connectivity index (χ0n) is 17.3. The highest BCUT2D eigenvalue weighted by Gasteiger charge is 2.30. The van der Waals surface area contributed by atoms with Crippen LogP contribution < -0.4 is 10.0 Å². The van der Waals surface area contributed by atoms with E-state index in [1.165, 1.54) is 18.4 Å². The predicted molar refractivity (Wildman–Crippen MR) is 117 cm³/mol. The average Bonchev–Trinajstić information content (AvgIpc) is 3.44. The van der Waals surface area contributed by atoms with Gasteiger partial charge >= 0.3 is 6.03 Å². The summed E-state index contributed by atoms with van der Waals surface area (Å²) >= 11 is 1.18. The van der Waals surface area contributed by atoms with Crippen LogP contribution in [0.4, 0.5) is 14.9 Å². The third kappa shape index (κ3) is 3.68. The lowest BCUT2D eigenvalue weighted by Gasteiger charge is -2.16. The van der Waals surface area contributed by atoms with Crippen molar-refractivity contribution in [1.82, 2.24) is 4.72 Å². The zero-order chi connectivity index (χ0) is 21.7. The number of fused-ring (bicyclic) bond motifs is 2. The van der Waals surface area contributed by atoms with Crippen molar-refractivity contribution in [1.29, 1.82) is 0 Å². The minimum Gasteiger partial charge on any atom is -0.386 e. The zero-order valence-corrected chi connectivity index (χ0v) is 18.9. The van der Waals surface area contributed by atoms with E-state index in [-0.39, 0.29) is 5.82 Å². The number of rotatable bonds is 4. The molecule has 3 N–H and O–H groups in total. The number of halogens is 1. The van der Waals surface area contributed by atoms with E-state index < -0.39 is 21.5 Å². The first-order chi connectivity index (χ1) is 14.1. The number of hydrogen-bond acceptors (Lipinski definition) is 4. The number of aliphatic hydroxyl groups is 1. The summed E-state index contributed by atoms with van der Waals surface area (Å²) in [5.74, 6) is -0.110. The molecule has 4 rings (SSSR count). The molecule has 0 saturated carbocycles. The molecule has 1 aromatic heterocycles. The van der Waals surface area contributed by atoms with Crippen molar-refractivity contribution in [3.8, 4) is 0 Å². The van der Waals surface area contributed by atoms with E-state index in [4.69, 9.17) is 0 Å². The number of hydrogen-bond donors (Lipinski definition) is 3. The van der Waals surface area contributed by atoms with Crippen molar-refractivity contribution < 1.29 is 18.5 Å². The molecule has 2 amide bonds. The first kappa shape index (κ1) is 21.4. The molecule has 162 valence electrons. The van der Waals surface area contributed by atoms with Crippen molar-refractivity contribution in [3.63, 3.8) is 0 Å². The number of nitrogens with zero attached hydrogens (tertiary/aromatic N) is 1. The molecule has 0 bridgehead atoms. The van der Waals surface area contributed by atoms with Crippen molar-refractivity contribution in [3.05, 3.63) is 45.1 Å². The Morgan fingerprint density at radius 3 is 2.23 bits per heavy atom. The average molecular weight is 452 g/mol. The molecular weight excluding hydrogens is 425 g/mol. The Morgan fingerprint density at radius 1 is 1.17 bits per heavy atom. The second-order valence-electron chi connectivity index (χ2n) is 8.28. The largest absolute Gasteiger partial charge is 0.386 e. The van der Waals surface area contributed by atoms with E-state index in [0.29, 0.717) is 39.4 Å². The topological polar surface area (TPSA) is 90.8 Å². The molecule has 0 unspecified atom stereocenters. The molecular formula is C21H26FN3O3S2. The number of urea groups is 1. The number of benzene rings is 1. The Kier molecular flexibility index (Phi) is 5.50. The molecule has 2 aliphatic carbocycles. The molecule has 1 heterocycles. The van der Waals surface area contributed by atoms with Gasteiger partial charge in [-0.15, -0.1) is 15.7 Å². The van der Waals surface area contributed by atoms with Crippen LogP contribution in [-0.2, 0) is 41.2 Å². The summed E-state index contributed by atoms with van der Waals surface area (Å²) in [4.78, 5) is 12.8. The maximum Gasteiger partial charge on any atom is 0.354 e. The maximum atomic E-state index is 14.8. The van der Waals surface area contributed by atoms with E-state index in [0.717, 1.165) is 36.8 Å². The van der Waals surface area contributed by atoms with Gasteiger partial charge in [-0.2, -0.15) is 0 Å². The van der Waals surface area contributed by atoms with Gasteiger partial charge in [-0.1, -0.05) is 0 Å². The van der Waals surface area contributed by atoms with Crippen LogP contribution in [0.25, 0.3) is 0 Å². The van der Waals surface area contributed by atoms with E-state index >= 15 is 0 Å². The lowest BCUT2D eigenvalue weighted by atomic mass is 9.98. The van der Waals surface area contributed by atoms with Gasteiger partial charge in [0.15, 0.2) is 9.92 Å². The number of anilines is 1. The number of carbonyl (C=O) groups excluding carboxylic acids is 1. The third-order valence-corrected chi connectivity index (χ3v) is 9.17. The SMILES string of the molecule is CN[S@@](=O)(=NC(=O)Nc1c2c(c(F)c3c1CCC3)CCC2)c1cc(C(C)(C)O)cs1. The van der Waals surface area contributed by atoms with Gasteiger partial charge in [-0.25, -0.2) is 18.1 Å². The van der Waals surface area contributed by atoms with Crippen LogP contribution in [0.15, 0.2) is 20.0 Å². The molecule has 0 fully saturated rings. The number of amides is 2. The Hall–Kier alpha value is -1.81. The van der Waals surface area contributed by atoms with Crippen LogP contribution in [0.3, 0.4) is 0 Å². The Labute approximate surface area is 180 Å². The summed E-state index contributed by atoms with van der Waals surface area (Å²) in [5, 5.41) is 14.7. The van der Waals surface area contributed by atoms with Crippen LogP contribution in [0, 0.1) is 5.82 Å². The smallest absolute Gasteiger partial charge is 0.354 e. The van der Waals surface area contributed by atoms with Crippen molar-refractivity contribution >= 4 is 33.0 Å². The first-order valence-corrected chi connectivity index (χ1v) is 12.5. The van der Waals surface area contributed by atoms with Gasteiger partial charge < -0.3 is 10.4 Å². The van der Waals surface area contributed by atoms with Gasteiger partial charge in [0.2, 0.25) is 0 Å². The van der Waals surface area contributed by atoms with Crippen LogP contribution in [-0.4, -0.2) is 22.4 Å². The molecule has 9 heteroatoms. The monoisotopic (exact) mass is 451 g/mol. The molecule has 0 spiro atoms. The van der Waals surface area contributed by atoms with Crippen molar-refractivity contribution in [2.75, 3.05) is 12.4 Å². The van der Waals surface area contributed by atoms with Gasteiger partial charge in [0.1, 0.15) is 10.0 Å². The summed E-state index contributed by atoms with van der Waals surface area (Å²) in [6.45, 7) is 3.28. The predicted octanol–water partition coefficient (Wildman–Crippen LogP) is 4.29. The van der Waals surface area contributed by atoms with Gasteiger partial charge in [0.05, 0.1) is 5.60 Å². The lowest BCUT2D eigenvalue weighted by Crippen LogP contribution is -2.22. The van der Waals surface area contributed by atoms with Gasteiger partial charge in [0.25, 0.3) is 0 Å². The maximum absolute atomic E-state index is 14.8. The first-order valence-electron chi connectivity index (χ1n) is 10.1. The molecule has 1 aromatic carbocycles. The highest BCUT2D eigenvalue weighted by molar-refractivity contribution is 7.94. The van der Waals surface area contributed by atoms with Crippen LogP contribution in [0.1, 0.15) is 54.5 Å². The second-order valence-corrected chi connectivity index (χ2v) is 11.5. The summed E-state index contributed by atoms with van der Waals surface area (Å²) in [6, 6.07) is 0.885. The molecule has 0 radical (unpaired) electrons. The van der Waals surface area contributed by atoms with Gasteiger partial charge in [-0.05, 0) is 98.7 Å². The normalized spacial score (nSPS) is 17.4. The third-order valence-electron chi connectivity index (χ3n) is 5.84. The van der Waals surface area contributed by atoms with Crippen molar-refractivity contribution in [2.24, 2.45) is 4.36 Å². The molecule has 1 atom stereocenters. The second kappa shape index (κ2) is 7.71. The lowest BCUT2D eigenvalue weighted by molar-refractivity contribution is 0.0789. The quantitative estimate of drug-likeness (QED) is 0.648. The Bertz CT molecular complexity index is 1110. The summed E-state index contributed by atoms with van der Waals surface area (Å²) in [6.07, 6.45) is 4.51.